The molecular formula is C24H20F3N3O. The van der Waals surface area contributed by atoms with Crippen LogP contribution in [0.2, 0.25) is 0 Å². The number of alkyl halides is 3. The first kappa shape index (κ1) is 20.7. The molecule has 0 saturated heterocycles. The number of aryl methyl sites for hydroxylation is 1. The Balaban J connectivity index is 2.01. The zero-order valence-electron chi connectivity index (χ0n) is 16.8. The van der Waals surface area contributed by atoms with E-state index in [2.05, 4.69) is 6.07 Å². The third-order valence-electron chi connectivity index (χ3n) is 5.74. The summed E-state index contributed by atoms with van der Waals surface area (Å²) in [5, 5.41) is 9.96. The van der Waals surface area contributed by atoms with Gasteiger partial charge in [-0.1, -0.05) is 42.0 Å². The maximum Gasteiger partial charge on any atom is 0.418 e. The molecule has 7 heteroatoms. The Hall–Kier alpha value is -3.53. The molecule has 0 saturated carbocycles. The Morgan fingerprint density at radius 1 is 1.13 bits per heavy atom. The molecule has 158 valence electrons. The topological polar surface area (TPSA) is 70.1 Å². The van der Waals surface area contributed by atoms with Gasteiger partial charge >= 0.3 is 6.18 Å². The van der Waals surface area contributed by atoms with E-state index in [1.54, 1.807) is 0 Å². The molecule has 1 aliphatic carbocycles. The van der Waals surface area contributed by atoms with Crippen LogP contribution in [0.3, 0.4) is 0 Å². The molecule has 1 heterocycles. The van der Waals surface area contributed by atoms with Gasteiger partial charge < -0.3 is 5.73 Å². The van der Waals surface area contributed by atoms with E-state index in [0.717, 1.165) is 17.2 Å². The van der Waals surface area contributed by atoms with E-state index >= 15 is 0 Å². The van der Waals surface area contributed by atoms with E-state index < -0.39 is 17.7 Å². The van der Waals surface area contributed by atoms with Crippen LogP contribution in [0.25, 0.3) is 0 Å². The van der Waals surface area contributed by atoms with Gasteiger partial charge in [-0.15, -0.1) is 0 Å². The van der Waals surface area contributed by atoms with Gasteiger partial charge in [0.25, 0.3) is 0 Å². The number of rotatable bonds is 2. The van der Waals surface area contributed by atoms with Gasteiger partial charge in [0.15, 0.2) is 5.78 Å². The summed E-state index contributed by atoms with van der Waals surface area (Å²) in [7, 11) is 0. The molecule has 4 rings (SSSR count). The zero-order chi connectivity index (χ0) is 22.3. The predicted octanol–water partition coefficient (Wildman–Crippen LogP) is 5.32. The molecule has 2 aromatic carbocycles. The van der Waals surface area contributed by atoms with Crippen LogP contribution in [-0.2, 0) is 11.0 Å². The minimum Gasteiger partial charge on any atom is -0.384 e. The van der Waals surface area contributed by atoms with E-state index in [0.29, 0.717) is 24.1 Å². The van der Waals surface area contributed by atoms with Crippen molar-refractivity contribution in [2.75, 3.05) is 4.90 Å². The molecule has 0 radical (unpaired) electrons. The summed E-state index contributed by atoms with van der Waals surface area (Å²) < 4.78 is 41.3. The number of nitriles is 1. The van der Waals surface area contributed by atoms with Gasteiger partial charge in [0, 0.05) is 17.7 Å². The summed E-state index contributed by atoms with van der Waals surface area (Å²) in [6, 6.07) is 14.6. The Morgan fingerprint density at radius 2 is 1.87 bits per heavy atom. The van der Waals surface area contributed by atoms with Crippen LogP contribution < -0.4 is 10.6 Å². The molecule has 2 aromatic rings. The number of carbonyl (C=O) groups is 1. The third kappa shape index (κ3) is 3.48. The Bertz CT molecular complexity index is 1170. The van der Waals surface area contributed by atoms with Crippen molar-refractivity contribution >= 4 is 11.5 Å². The first-order valence-corrected chi connectivity index (χ1v) is 9.93. The molecular weight excluding hydrogens is 403 g/mol. The lowest BCUT2D eigenvalue weighted by Gasteiger charge is -2.40. The SMILES string of the molecule is Cc1cccc([C@H]2C(C#N)=C(N)N(c3ccccc3C(F)(F)F)C3=C2C(=O)CCC3)c1. The standard InChI is InChI=1S/C24H20F3N3O/c1-14-6-4-7-15(12-14)21-16(13-28)23(29)30(19-10-5-11-20(31)22(19)21)18-9-3-2-8-17(18)24(25,26)27/h2-4,6-9,12,21H,5,10-11,29H2,1H3/t21-/m0/s1. The van der Waals surface area contributed by atoms with E-state index in [1.807, 2.05) is 31.2 Å². The van der Waals surface area contributed by atoms with Crippen molar-refractivity contribution in [1.82, 2.24) is 0 Å². The highest BCUT2D eigenvalue weighted by Crippen LogP contribution is 2.48. The van der Waals surface area contributed by atoms with Crippen molar-refractivity contribution in [2.24, 2.45) is 5.73 Å². The van der Waals surface area contributed by atoms with E-state index in [1.165, 1.54) is 23.1 Å². The molecule has 1 atom stereocenters. The Morgan fingerprint density at radius 3 is 2.55 bits per heavy atom. The van der Waals surface area contributed by atoms with Gasteiger partial charge in [0.05, 0.1) is 28.8 Å². The van der Waals surface area contributed by atoms with Crippen molar-refractivity contribution < 1.29 is 18.0 Å². The fourth-order valence-electron chi connectivity index (χ4n) is 4.45. The van der Waals surface area contributed by atoms with E-state index in [-0.39, 0.29) is 29.3 Å². The second kappa shape index (κ2) is 7.62. The smallest absolute Gasteiger partial charge is 0.384 e. The number of allylic oxidation sites excluding steroid dienone is 3. The summed E-state index contributed by atoms with van der Waals surface area (Å²) in [5.41, 5.74) is 7.88. The number of ketones is 1. The van der Waals surface area contributed by atoms with Crippen LogP contribution in [0.5, 0.6) is 0 Å². The van der Waals surface area contributed by atoms with Crippen LogP contribution in [-0.4, -0.2) is 5.78 Å². The van der Waals surface area contributed by atoms with Crippen molar-refractivity contribution in [1.29, 1.82) is 5.26 Å². The van der Waals surface area contributed by atoms with Crippen LogP contribution in [0, 0.1) is 18.3 Å². The second-order valence-electron chi connectivity index (χ2n) is 7.75. The van der Waals surface area contributed by atoms with Crippen molar-refractivity contribution in [2.45, 2.75) is 38.3 Å². The summed E-state index contributed by atoms with van der Waals surface area (Å²) in [6.07, 6.45) is -3.42. The average molecular weight is 423 g/mol. The van der Waals surface area contributed by atoms with Crippen molar-refractivity contribution in [3.63, 3.8) is 0 Å². The molecule has 1 aliphatic heterocycles. The number of para-hydroxylation sites is 1. The molecule has 0 spiro atoms. The normalized spacial score (nSPS) is 19.4. The van der Waals surface area contributed by atoms with Crippen molar-refractivity contribution in [3.05, 3.63) is 87.9 Å². The molecule has 31 heavy (non-hydrogen) atoms. The number of benzene rings is 2. The van der Waals surface area contributed by atoms with Gasteiger partial charge in [0.1, 0.15) is 5.82 Å². The van der Waals surface area contributed by atoms with Crippen LogP contribution in [0.1, 0.15) is 41.9 Å². The van der Waals surface area contributed by atoms with Crippen LogP contribution in [0.4, 0.5) is 18.9 Å². The molecule has 0 fully saturated rings. The van der Waals surface area contributed by atoms with Gasteiger partial charge in [-0.05, 0) is 37.5 Å². The predicted molar refractivity (Wildman–Crippen MR) is 111 cm³/mol. The van der Waals surface area contributed by atoms with E-state index in [4.69, 9.17) is 5.73 Å². The number of nitrogens with zero attached hydrogens (tertiary/aromatic N) is 2. The molecule has 0 bridgehead atoms. The summed E-state index contributed by atoms with van der Waals surface area (Å²) in [4.78, 5) is 14.3. The maximum atomic E-state index is 13.8. The largest absolute Gasteiger partial charge is 0.418 e. The van der Waals surface area contributed by atoms with Crippen LogP contribution >= 0.6 is 0 Å². The van der Waals surface area contributed by atoms with Gasteiger partial charge in [0.2, 0.25) is 0 Å². The minimum atomic E-state index is -4.61. The van der Waals surface area contributed by atoms with Gasteiger partial charge in [-0.25, -0.2) is 0 Å². The second-order valence-corrected chi connectivity index (χ2v) is 7.75. The summed E-state index contributed by atoms with van der Waals surface area (Å²) >= 11 is 0. The third-order valence-corrected chi connectivity index (χ3v) is 5.74. The molecule has 0 unspecified atom stereocenters. The number of hydrogen-bond donors (Lipinski definition) is 1. The Kier molecular flexibility index (Phi) is 5.10. The fraction of sp³-hybridized carbons (Fsp3) is 0.250. The highest BCUT2D eigenvalue weighted by Gasteiger charge is 2.43. The molecule has 4 nitrogen and oxygen atoms in total. The number of hydrogen-bond acceptors (Lipinski definition) is 4. The van der Waals surface area contributed by atoms with Crippen molar-refractivity contribution in [3.8, 4) is 6.07 Å². The fourth-order valence-corrected chi connectivity index (χ4v) is 4.45. The number of carbonyl (C=O) groups excluding carboxylic acids is 1. The lowest BCUT2D eigenvalue weighted by molar-refractivity contribution is -0.137. The van der Waals surface area contributed by atoms with E-state index in [9.17, 15) is 23.2 Å². The number of halogens is 3. The minimum absolute atomic E-state index is 0.0702. The number of nitrogens with two attached hydrogens (primary N) is 1. The molecule has 2 N–H and O–H groups in total. The van der Waals surface area contributed by atoms with Gasteiger partial charge in [-0.3, -0.25) is 9.69 Å². The lowest BCUT2D eigenvalue weighted by atomic mass is 9.75. The molecule has 0 amide bonds. The highest BCUT2D eigenvalue weighted by molar-refractivity contribution is 6.01. The number of Topliss-reactive ketones (excluding diaryl/α,β-unsaturated/α-hetero) is 1. The maximum absolute atomic E-state index is 13.8. The zero-order valence-corrected chi connectivity index (χ0v) is 16.8. The Labute approximate surface area is 178 Å². The summed E-state index contributed by atoms with van der Waals surface area (Å²) in [6.45, 7) is 1.90. The highest BCUT2D eigenvalue weighted by atomic mass is 19.4. The monoisotopic (exact) mass is 423 g/mol. The molecule has 0 aromatic heterocycles. The van der Waals surface area contributed by atoms with Crippen LogP contribution in [0.15, 0.2) is 71.2 Å². The van der Waals surface area contributed by atoms with Gasteiger partial charge in [-0.2, -0.15) is 18.4 Å². The lowest BCUT2D eigenvalue weighted by Crippen LogP contribution is -2.39. The first-order chi connectivity index (χ1) is 14.7. The number of anilines is 1. The first-order valence-electron chi connectivity index (χ1n) is 9.93. The summed E-state index contributed by atoms with van der Waals surface area (Å²) in [5.74, 6) is -0.927. The molecule has 2 aliphatic rings. The average Bonchev–Trinajstić information content (AvgIpc) is 2.72. The quantitative estimate of drug-likeness (QED) is 0.710.